The number of hydrogen-bond acceptors (Lipinski definition) is 5. The predicted octanol–water partition coefficient (Wildman–Crippen LogP) is 32.6. The highest BCUT2D eigenvalue weighted by molar-refractivity contribution is 7.26. The van der Waals surface area contributed by atoms with Gasteiger partial charge in [0, 0.05) is 117 Å². The van der Waals surface area contributed by atoms with Crippen LogP contribution >= 0.6 is 11.3 Å². The van der Waals surface area contributed by atoms with E-state index in [-0.39, 0.29) is 23.8 Å². The molecule has 22 rings (SSSR count). The molecule has 3 aliphatic rings. The Morgan fingerprint density at radius 2 is 0.736 bits per heavy atom. The molecule has 596 valence electrons. The predicted molar refractivity (Wildman–Crippen MR) is 532 cm³/mol. The first kappa shape index (κ1) is 75.8. The summed E-state index contributed by atoms with van der Waals surface area (Å²) < 4.78 is 4.94. The first-order valence-electron chi connectivity index (χ1n) is 43.5. The van der Waals surface area contributed by atoms with Gasteiger partial charge in [0.25, 0.3) is 0 Å². The van der Waals surface area contributed by atoms with Crippen LogP contribution in [0.4, 0.5) is 56.9 Å². The molecule has 0 saturated carbocycles. The Balaban J connectivity index is 0.563. The topological polar surface area (TPSA) is 17.9 Å². The van der Waals surface area contributed by atoms with Crippen molar-refractivity contribution in [3.63, 3.8) is 0 Å². The average molecular weight is 1620 g/mol. The zero-order chi connectivity index (χ0) is 83.3. The third kappa shape index (κ3) is 14.0. The van der Waals surface area contributed by atoms with Crippen LogP contribution in [-0.2, 0) is 0 Å². The molecule has 0 amide bonds. The molecule has 4 unspecified atom stereocenters. The number of aromatic nitrogens is 1. The summed E-state index contributed by atoms with van der Waals surface area (Å²) >= 11 is 1.89. The largest absolute Gasteiger partial charge is 0.337 e. The van der Waals surface area contributed by atoms with E-state index in [4.69, 9.17) is 0 Å². The SMILES string of the molecule is CC1=C(c2c(C)cc(N(c3ccccc3)c3ccc(N(c4ccccc4)c4ccccc4)cc3)c3ccccc23)C2C=CC=CC2C(N(c2ccc(C(c3ccccc3)c3ccc(-c4ccc(-c5ccc(N(c6ccccc6)c6ccc(-c7ccc(-n8c9ccccc9c9ccccc98)cc7)cc6)cc5)c5sc6ccccc6c45)cc3)cc2)C2C=CC=CC2)=C1. The molecule has 19 aromatic rings. The normalized spacial score (nSPS) is 15.0. The van der Waals surface area contributed by atoms with Gasteiger partial charge in [-0.2, -0.15) is 0 Å². The van der Waals surface area contributed by atoms with Crippen LogP contribution in [0.3, 0.4) is 0 Å². The molecule has 3 aliphatic carbocycles. The zero-order valence-electron chi connectivity index (χ0n) is 69.6. The molecular weight excluding hydrogens is 1530 g/mol. The van der Waals surface area contributed by atoms with E-state index in [1.807, 2.05) is 11.3 Å². The molecule has 4 atom stereocenters. The van der Waals surface area contributed by atoms with E-state index in [9.17, 15) is 0 Å². The lowest BCUT2D eigenvalue weighted by molar-refractivity contribution is 0.585. The van der Waals surface area contributed by atoms with E-state index in [2.05, 4.69) is 505 Å². The van der Waals surface area contributed by atoms with Crippen molar-refractivity contribution < 1.29 is 0 Å². The Morgan fingerprint density at radius 1 is 0.328 bits per heavy atom. The Morgan fingerprint density at radius 3 is 1.30 bits per heavy atom. The van der Waals surface area contributed by atoms with Gasteiger partial charge >= 0.3 is 0 Å². The third-order valence-electron chi connectivity index (χ3n) is 25.6. The van der Waals surface area contributed by atoms with E-state index in [0.29, 0.717) is 0 Å². The van der Waals surface area contributed by atoms with Crippen molar-refractivity contribution in [2.75, 3.05) is 19.6 Å². The fourth-order valence-corrected chi connectivity index (χ4v) is 21.2. The van der Waals surface area contributed by atoms with Crippen LogP contribution in [0.25, 0.3) is 97.4 Å². The van der Waals surface area contributed by atoms with Gasteiger partial charge in [-0.15, -0.1) is 11.3 Å². The van der Waals surface area contributed by atoms with Gasteiger partial charge in [-0.3, -0.25) is 0 Å². The summed E-state index contributed by atoms with van der Waals surface area (Å²) in [5, 5.41) is 7.53. The van der Waals surface area contributed by atoms with Crippen molar-refractivity contribution in [2.24, 2.45) is 11.8 Å². The quantitative estimate of drug-likeness (QED) is 0.0708. The highest BCUT2D eigenvalue weighted by atomic mass is 32.1. The molecule has 2 heterocycles. The number of benzene rings is 17. The first-order chi connectivity index (χ1) is 61.9. The third-order valence-corrected chi connectivity index (χ3v) is 26.8. The van der Waals surface area contributed by atoms with E-state index >= 15 is 0 Å². The Hall–Kier alpha value is -15.3. The summed E-state index contributed by atoms with van der Waals surface area (Å²) in [6.45, 7) is 4.68. The fraction of sp³-hybridized carbons (Fsp3) is 0.0588. The molecule has 5 nitrogen and oxygen atoms in total. The fourth-order valence-electron chi connectivity index (χ4n) is 19.9. The van der Waals surface area contributed by atoms with E-state index in [0.717, 1.165) is 63.3 Å². The number of allylic oxidation sites excluding steroid dienone is 9. The summed E-state index contributed by atoms with van der Waals surface area (Å²) in [6.07, 6.45) is 22.0. The number of aryl methyl sites for hydroxylation is 1. The lowest BCUT2D eigenvalue weighted by atomic mass is 9.71. The smallest absolute Gasteiger partial charge is 0.0556 e. The van der Waals surface area contributed by atoms with Crippen molar-refractivity contribution in [1.82, 2.24) is 4.57 Å². The molecule has 0 spiro atoms. The van der Waals surface area contributed by atoms with E-state index in [1.165, 1.54) is 136 Å². The van der Waals surface area contributed by atoms with Crippen LogP contribution in [-0.4, -0.2) is 10.6 Å². The zero-order valence-corrected chi connectivity index (χ0v) is 70.4. The summed E-state index contributed by atoms with van der Waals surface area (Å²) in [5.74, 6) is 0.128. The van der Waals surface area contributed by atoms with Crippen LogP contribution < -0.4 is 19.6 Å². The number of rotatable bonds is 20. The van der Waals surface area contributed by atoms with Gasteiger partial charge in [0.15, 0.2) is 0 Å². The molecule has 6 heteroatoms. The monoisotopic (exact) mass is 1620 g/mol. The van der Waals surface area contributed by atoms with Crippen LogP contribution in [0.5, 0.6) is 0 Å². The number of thiophene rings is 1. The number of para-hydroxylation sites is 6. The van der Waals surface area contributed by atoms with Gasteiger partial charge in [-0.25, -0.2) is 0 Å². The van der Waals surface area contributed by atoms with Crippen molar-refractivity contribution in [3.8, 4) is 39.1 Å². The van der Waals surface area contributed by atoms with Crippen LogP contribution in [0.15, 0.2) is 478 Å². The van der Waals surface area contributed by atoms with Gasteiger partial charge in [0.2, 0.25) is 0 Å². The minimum atomic E-state index is -0.0180. The van der Waals surface area contributed by atoms with Gasteiger partial charge in [-0.05, 0) is 250 Å². The number of fused-ring (bicyclic) bond motifs is 8. The standard InChI is InChI=1S/C119H89N5S/c1-81-79-112(105-45-21-23-47-107(105)115(81)116-82(2)80-113(106-46-22-24-48-108(106)116)123(94-41-19-8-20-42-94)99-75-73-97(74-76-99)120(90-33-11-4-12-34-90)91-35-13-5-14-36-91)122(93-39-17-7-18-40-93)98-71-63-89(64-72-98)117(87-31-9-3-10-32-87)88-55-53-85(54-56-88)101-77-78-102(119-118(101)109-49-27-30-52-114(109)125-119)86-61-69-96(70-62-86)121(92-37-15-6-16-38-92)95-65-57-83(58-66-95)84-59-67-100(68-60-84)124-110-50-28-25-43-103(110)104-44-26-29-51-111(104)124/h3-39,41-80,93,105,107,117H,40H2,1-2H3. The number of anilines is 10. The highest BCUT2D eigenvalue weighted by Crippen LogP contribution is 2.53. The molecule has 2 aromatic heterocycles. The van der Waals surface area contributed by atoms with Gasteiger partial charge < -0.3 is 24.2 Å². The lowest BCUT2D eigenvalue weighted by Crippen LogP contribution is -2.39. The minimum Gasteiger partial charge on any atom is -0.337 e. The molecular formula is C119H89N5S. The van der Waals surface area contributed by atoms with Gasteiger partial charge in [0.05, 0.1) is 22.8 Å². The summed E-state index contributed by atoms with van der Waals surface area (Å²) in [4.78, 5) is 9.78. The van der Waals surface area contributed by atoms with Gasteiger partial charge in [0.1, 0.15) is 0 Å². The van der Waals surface area contributed by atoms with E-state index < -0.39 is 0 Å². The second-order valence-electron chi connectivity index (χ2n) is 33.0. The van der Waals surface area contributed by atoms with E-state index in [1.54, 1.807) is 0 Å². The van der Waals surface area contributed by atoms with Crippen molar-refractivity contribution in [1.29, 1.82) is 0 Å². The molecule has 0 fully saturated rings. The van der Waals surface area contributed by atoms with Crippen LogP contribution in [0.1, 0.15) is 47.1 Å². The van der Waals surface area contributed by atoms with Crippen molar-refractivity contribution >= 4 is 127 Å². The minimum absolute atomic E-state index is 0.0180. The highest BCUT2D eigenvalue weighted by Gasteiger charge is 2.38. The molecule has 0 aliphatic heterocycles. The van der Waals surface area contributed by atoms with Gasteiger partial charge in [-0.1, -0.05) is 316 Å². The summed E-state index contributed by atoms with van der Waals surface area (Å²) in [7, 11) is 0. The first-order valence-corrected chi connectivity index (χ1v) is 44.3. The maximum absolute atomic E-state index is 2.65. The Bertz CT molecular complexity index is 7320. The second-order valence-corrected chi connectivity index (χ2v) is 34.1. The molecule has 17 aromatic carbocycles. The van der Waals surface area contributed by atoms with Crippen molar-refractivity contribution in [3.05, 3.63) is 506 Å². The maximum atomic E-state index is 2.65. The second kappa shape index (κ2) is 32.9. The molecule has 125 heavy (non-hydrogen) atoms. The molecule has 0 saturated heterocycles. The summed E-state index contributed by atoms with van der Waals surface area (Å²) in [6, 6.07) is 152. The Kier molecular flexibility index (Phi) is 20.0. The number of nitrogens with zero attached hydrogens (tertiary/aromatic N) is 5. The maximum Gasteiger partial charge on any atom is 0.0556 e. The molecule has 0 radical (unpaired) electrons. The molecule has 0 N–H and O–H groups in total. The number of hydrogen-bond donors (Lipinski definition) is 0. The molecule has 0 bridgehead atoms. The lowest BCUT2D eigenvalue weighted by Gasteiger charge is -2.43. The Labute approximate surface area is 734 Å². The summed E-state index contributed by atoms with van der Waals surface area (Å²) in [5.41, 5.74) is 32.0. The average Bonchev–Trinajstić information content (AvgIpc) is 1.65. The van der Waals surface area contributed by atoms with Crippen LogP contribution in [0, 0.1) is 18.8 Å². The van der Waals surface area contributed by atoms with Crippen molar-refractivity contribution in [2.45, 2.75) is 32.2 Å². The van der Waals surface area contributed by atoms with Crippen LogP contribution in [0.2, 0.25) is 0 Å².